The summed E-state index contributed by atoms with van der Waals surface area (Å²) in [5, 5.41) is 0.279. The van der Waals surface area contributed by atoms with E-state index >= 15 is 0 Å². The van der Waals surface area contributed by atoms with Crippen molar-refractivity contribution in [3.63, 3.8) is 0 Å². The Balaban J connectivity index is 2.60. The molecular weight excluding hydrogens is 268 g/mol. The monoisotopic (exact) mass is 280 g/mol. The molecule has 0 spiro atoms. The predicted octanol–water partition coefficient (Wildman–Crippen LogP) is 1.77. The predicted molar refractivity (Wildman–Crippen MR) is 67.4 cm³/mol. The Labute approximate surface area is 105 Å². The molecule has 0 aliphatic carbocycles. The summed E-state index contributed by atoms with van der Waals surface area (Å²) in [6, 6.07) is 2.89. The Kier molecular flexibility index (Phi) is 5.54. The van der Waals surface area contributed by atoms with Crippen molar-refractivity contribution in [1.82, 2.24) is 9.71 Å². The van der Waals surface area contributed by atoms with Crippen molar-refractivity contribution in [2.45, 2.75) is 11.3 Å². The first-order valence-electron chi connectivity index (χ1n) is 4.66. The van der Waals surface area contributed by atoms with Crippen LogP contribution in [-0.4, -0.2) is 32.0 Å². The molecule has 0 saturated carbocycles. The Morgan fingerprint density at radius 1 is 1.50 bits per heavy atom. The fourth-order valence-electron chi connectivity index (χ4n) is 1.03. The van der Waals surface area contributed by atoms with Crippen LogP contribution in [0.15, 0.2) is 23.2 Å². The van der Waals surface area contributed by atoms with Crippen molar-refractivity contribution in [3.05, 3.63) is 23.5 Å². The quantitative estimate of drug-likeness (QED) is 0.637. The van der Waals surface area contributed by atoms with Gasteiger partial charge in [-0.1, -0.05) is 11.6 Å². The average Bonchev–Trinajstić information content (AvgIpc) is 2.25. The summed E-state index contributed by atoms with van der Waals surface area (Å²) in [5.74, 6) is 0.932. The van der Waals surface area contributed by atoms with E-state index < -0.39 is 10.0 Å². The maximum absolute atomic E-state index is 11.7. The number of halogens is 1. The van der Waals surface area contributed by atoms with Gasteiger partial charge in [-0.2, -0.15) is 11.8 Å². The van der Waals surface area contributed by atoms with Crippen LogP contribution in [0.25, 0.3) is 0 Å². The fourth-order valence-corrected chi connectivity index (χ4v) is 2.59. The first-order valence-corrected chi connectivity index (χ1v) is 7.92. The number of aromatic nitrogens is 1. The van der Waals surface area contributed by atoms with Crippen molar-refractivity contribution < 1.29 is 8.42 Å². The van der Waals surface area contributed by atoms with E-state index in [2.05, 4.69) is 9.71 Å². The van der Waals surface area contributed by atoms with Gasteiger partial charge in [0.2, 0.25) is 10.0 Å². The third-order valence-corrected chi connectivity index (χ3v) is 4.19. The van der Waals surface area contributed by atoms with E-state index in [0.717, 1.165) is 12.2 Å². The molecule has 0 atom stereocenters. The fraction of sp³-hybridized carbons (Fsp3) is 0.444. The molecule has 0 amide bonds. The molecular formula is C9H13ClN2O2S2. The maximum atomic E-state index is 11.7. The highest BCUT2D eigenvalue weighted by atomic mass is 35.5. The lowest BCUT2D eigenvalue weighted by molar-refractivity contribution is 0.580. The number of hydrogen-bond acceptors (Lipinski definition) is 4. The summed E-state index contributed by atoms with van der Waals surface area (Å²) >= 11 is 7.26. The van der Waals surface area contributed by atoms with Crippen LogP contribution in [0.5, 0.6) is 0 Å². The summed E-state index contributed by atoms with van der Waals surface area (Å²) < 4.78 is 25.9. The van der Waals surface area contributed by atoms with Crippen LogP contribution in [0.2, 0.25) is 5.15 Å². The molecule has 16 heavy (non-hydrogen) atoms. The molecule has 1 aromatic heterocycles. The second-order valence-corrected chi connectivity index (χ2v) is 6.20. The topological polar surface area (TPSA) is 59.1 Å². The summed E-state index contributed by atoms with van der Waals surface area (Å²) in [6.45, 7) is 0.436. The molecule has 0 bridgehead atoms. The van der Waals surface area contributed by atoms with Gasteiger partial charge in [0.25, 0.3) is 0 Å². The number of sulfonamides is 1. The molecule has 1 heterocycles. The summed E-state index contributed by atoms with van der Waals surface area (Å²) in [4.78, 5) is 3.87. The number of hydrogen-bond donors (Lipinski definition) is 1. The molecule has 0 aliphatic rings. The SMILES string of the molecule is CSCCCNS(=O)(=O)c1ccc(Cl)nc1. The van der Waals surface area contributed by atoms with Crippen molar-refractivity contribution >= 4 is 33.4 Å². The average molecular weight is 281 g/mol. The lowest BCUT2D eigenvalue weighted by atomic mass is 10.5. The standard InChI is InChI=1S/C9H13ClN2O2S2/c1-15-6-2-5-12-16(13,14)8-3-4-9(10)11-7-8/h3-4,7,12H,2,5-6H2,1H3. The summed E-state index contributed by atoms with van der Waals surface area (Å²) in [7, 11) is -3.44. The van der Waals surface area contributed by atoms with Gasteiger partial charge in [0, 0.05) is 12.7 Å². The smallest absolute Gasteiger partial charge is 0.242 e. The van der Waals surface area contributed by atoms with Gasteiger partial charge in [-0.3, -0.25) is 0 Å². The number of thioether (sulfide) groups is 1. The van der Waals surface area contributed by atoms with E-state index in [0.29, 0.717) is 6.54 Å². The van der Waals surface area contributed by atoms with E-state index in [1.54, 1.807) is 11.8 Å². The third kappa shape index (κ3) is 4.29. The molecule has 4 nitrogen and oxygen atoms in total. The zero-order valence-electron chi connectivity index (χ0n) is 8.81. The van der Waals surface area contributed by atoms with Gasteiger partial charge in [0.15, 0.2) is 0 Å². The number of nitrogens with zero attached hydrogens (tertiary/aromatic N) is 1. The maximum Gasteiger partial charge on any atom is 0.242 e. The molecule has 0 fully saturated rings. The lowest BCUT2D eigenvalue weighted by Crippen LogP contribution is -2.25. The summed E-state index contributed by atoms with van der Waals surface area (Å²) in [6.07, 6.45) is 4.04. The molecule has 0 saturated heterocycles. The van der Waals surface area contributed by atoms with E-state index in [4.69, 9.17) is 11.6 Å². The molecule has 1 rings (SSSR count). The van der Waals surface area contributed by atoms with E-state index in [-0.39, 0.29) is 10.0 Å². The largest absolute Gasteiger partial charge is 0.243 e. The second kappa shape index (κ2) is 6.44. The van der Waals surface area contributed by atoms with E-state index in [9.17, 15) is 8.42 Å². The van der Waals surface area contributed by atoms with Crippen LogP contribution in [0.3, 0.4) is 0 Å². The van der Waals surface area contributed by atoms with Gasteiger partial charge in [-0.05, 0) is 30.6 Å². The van der Waals surface area contributed by atoms with Gasteiger partial charge in [0.05, 0.1) is 0 Å². The first-order chi connectivity index (χ1) is 7.56. The highest BCUT2D eigenvalue weighted by Gasteiger charge is 2.13. The minimum Gasteiger partial charge on any atom is -0.243 e. The zero-order chi connectivity index (χ0) is 12.0. The van der Waals surface area contributed by atoms with Gasteiger partial charge in [-0.25, -0.2) is 18.1 Å². The van der Waals surface area contributed by atoms with Crippen LogP contribution in [0.1, 0.15) is 6.42 Å². The Bertz CT molecular complexity index is 420. The van der Waals surface area contributed by atoms with Crippen LogP contribution < -0.4 is 4.72 Å². The van der Waals surface area contributed by atoms with Gasteiger partial charge >= 0.3 is 0 Å². The van der Waals surface area contributed by atoms with Crippen LogP contribution in [0.4, 0.5) is 0 Å². The van der Waals surface area contributed by atoms with Gasteiger partial charge in [-0.15, -0.1) is 0 Å². The van der Waals surface area contributed by atoms with Crippen molar-refractivity contribution in [1.29, 1.82) is 0 Å². The Morgan fingerprint density at radius 3 is 2.81 bits per heavy atom. The lowest BCUT2D eigenvalue weighted by Gasteiger charge is -2.05. The molecule has 0 aliphatic heterocycles. The number of pyridine rings is 1. The minimum atomic E-state index is -3.44. The van der Waals surface area contributed by atoms with Crippen LogP contribution >= 0.6 is 23.4 Å². The van der Waals surface area contributed by atoms with Gasteiger partial charge in [0.1, 0.15) is 10.0 Å². The highest BCUT2D eigenvalue weighted by Crippen LogP contribution is 2.10. The second-order valence-electron chi connectivity index (χ2n) is 3.06. The number of nitrogens with one attached hydrogen (secondary N) is 1. The Hall–Kier alpha value is -0.300. The molecule has 0 aromatic carbocycles. The van der Waals surface area contributed by atoms with E-state index in [1.807, 2.05) is 6.26 Å². The molecule has 1 N–H and O–H groups in total. The minimum absolute atomic E-state index is 0.140. The van der Waals surface area contributed by atoms with Crippen molar-refractivity contribution in [3.8, 4) is 0 Å². The first kappa shape index (κ1) is 13.8. The van der Waals surface area contributed by atoms with Crippen LogP contribution in [0, 0.1) is 0 Å². The normalized spacial score (nSPS) is 11.6. The highest BCUT2D eigenvalue weighted by molar-refractivity contribution is 7.98. The van der Waals surface area contributed by atoms with Crippen molar-refractivity contribution in [2.24, 2.45) is 0 Å². The number of rotatable bonds is 6. The van der Waals surface area contributed by atoms with Crippen molar-refractivity contribution in [2.75, 3.05) is 18.6 Å². The van der Waals surface area contributed by atoms with Crippen LogP contribution in [-0.2, 0) is 10.0 Å². The van der Waals surface area contributed by atoms with Gasteiger partial charge < -0.3 is 0 Å². The molecule has 1 aromatic rings. The molecule has 90 valence electrons. The molecule has 0 radical (unpaired) electrons. The molecule has 7 heteroatoms. The Morgan fingerprint density at radius 2 is 2.25 bits per heavy atom. The third-order valence-electron chi connectivity index (χ3n) is 1.83. The zero-order valence-corrected chi connectivity index (χ0v) is 11.2. The molecule has 0 unspecified atom stereocenters. The van der Waals surface area contributed by atoms with E-state index in [1.165, 1.54) is 18.3 Å². The summed E-state index contributed by atoms with van der Waals surface area (Å²) in [5.41, 5.74) is 0.